The summed E-state index contributed by atoms with van der Waals surface area (Å²) in [5.41, 5.74) is 2.03. The third-order valence-corrected chi connectivity index (χ3v) is 4.13. The van der Waals surface area contributed by atoms with Crippen molar-refractivity contribution >= 4 is 28.2 Å². The van der Waals surface area contributed by atoms with E-state index in [0.717, 1.165) is 34.6 Å². The molecule has 0 aliphatic carbocycles. The standard InChI is InChI=1S/C15H18ClN3/c1-10-6-13(9-19(10)2)18-14-8-12(16)7-11-4-3-5-17-15(11)14/h3-5,7-8,10,13,18H,6,9H2,1-2H3. The van der Waals surface area contributed by atoms with E-state index in [2.05, 4.69) is 29.2 Å². The number of pyridine rings is 1. The summed E-state index contributed by atoms with van der Waals surface area (Å²) in [6, 6.07) is 8.99. The first-order valence-corrected chi connectivity index (χ1v) is 7.02. The Morgan fingerprint density at radius 3 is 3.00 bits per heavy atom. The highest BCUT2D eigenvalue weighted by molar-refractivity contribution is 6.31. The van der Waals surface area contributed by atoms with Crippen molar-refractivity contribution in [2.75, 3.05) is 18.9 Å². The van der Waals surface area contributed by atoms with Gasteiger partial charge in [0.05, 0.1) is 11.2 Å². The predicted molar refractivity (Wildman–Crippen MR) is 80.9 cm³/mol. The smallest absolute Gasteiger partial charge is 0.0934 e. The molecule has 2 aromatic rings. The largest absolute Gasteiger partial charge is 0.379 e. The molecule has 0 saturated carbocycles. The number of anilines is 1. The Balaban J connectivity index is 1.92. The molecule has 1 aromatic heterocycles. The van der Waals surface area contributed by atoms with E-state index in [0.29, 0.717) is 12.1 Å². The van der Waals surface area contributed by atoms with Crippen LogP contribution in [0.2, 0.25) is 5.02 Å². The molecule has 0 radical (unpaired) electrons. The third-order valence-electron chi connectivity index (χ3n) is 3.92. The number of hydrogen-bond donors (Lipinski definition) is 1. The number of aromatic nitrogens is 1. The third kappa shape index (κ3) is 2.53. The molecule has 3 rings (SSSR count). The highest BCUT2D eigenvalue weighted by Gasteiger charge is 2.26. The van der Waals surface area contributed by atoms with Crippen molar-refractivity contribution in [3.8, 4) is 0 Å². The van der Waals surface area contributed by atoms with E-state index in [1.165, 1.54) is 0 Å². The quantitative estimate of drug-likeness (QED) is 0.911. The maximum absolute atomic E-state index is 6.19. The first-order chi connectivity index (χ1) is 9.13. The fraction of sp³-hybridized carbons (Fsp3) is 0.400. The number of benzene rings is 1. The van der Waals surface area contributed by atoms with Gasteiger partial charge in [0.25, 0.3) is 0 Å². The molecular weight excluding hydrogens is 258 g/mol. The van der Waals surface area contributed by atoms with Crippen LogP contribution in [0.25, 0.3) is 10.9 Å². The molecule has 3 nitrogen and oxygen atoms in total. The van der Waals surface area contributed by atoms with E-state index < -0.39 is 0 Å². The topological polar surface area (TPSA) is 28.2 Å². The highest BCUT2D eigenvalue weighted by atomic mass is 35.5. The lowest BCUT2D eigenvalue weighted by Gasteiger charge is -2.16. The Morgan fingerprint density at radius 1 is 1.42 bits per heavy atom. The van der Waals surface area contributed by atoms with Crippen LogP contribution in [0, 0.1) is 0 Å². The number of likely N-dealkylation sites (N-methyl/N-ethyl adjacent to an activating group) is 1. The average molecular weight is 276 g/mol. The Labute approximate surface area is 118 Å². The summed E-state index contributed by atoms with van der Waals surface area (Å²) >= 11 is 6.19. The Hall–Kier alpha value is -1.32. The first kappa shape index (κ1) is 12.7. The number of nitrogens with zero attached hydrogens (tertiary/aromatic N) is 2. The minimum Gasteiger partial charge on any atom is -0.379 e. The molecule has 1 aliphatic heterocycles. The lowest BCUT2D eigenvalue weighted by molar-refractivity contribution is 0.330. The molecule has 0 amide bonds. The van der Waals surface area contributed by atoms with Crippen LogP contribution in [0.3, 0.4) is 0 Å². The van der Waals surface area contributed by atoms with Crippen LogP contribution >= 0.6 is 11.6 Å². The van der Waals surface area contributed by atoms with Gasteiger partial charge in [-0.1, -0.05) is 17.7 Å². The van der Waals surface area contributed by atoms with Gasteiger partial charge in [0.1, 0.15) is 0 Å². The van der Waals surface area contributed by atoms with Gasteiger partial charge in [-0.15, -0.1) is 0 Å². The number of rotatable bonds is 2. The van der Waals surface area contributed by atoms with Gasteiger partial charge in [0, 0.05) is 35.2 Å². The van der Waals surface area contributed by atoms with E-state index >= 15 is 0 Å². The molecule has 0 spiro atoms. The second-order valence-electron chi connectivity index (χ2n) is 5.39. The fourth-order valence-corrected chi connectivity index (χ4v) is 3.01. The van der Waals surface area contributed by atoms with E-state index in [4.69, 9.17) is 11.6 Å². The number of nitrogens with one attached hydrogen (secondary N) is 1. The van der Waals surface area contributed by atoms with Gasteiger partial charge in [-0.2, -0.15) is 0 Å². The number of fused-ring (bicyclic) bond motifs is 1. The number of likely N-dealkylation sites (tertiary alicyclic amines) is 1. The van der Waals surface area contributed by atoms with Gasteiger partial charge in [-0.05, 0) is 38.6 Å². The Bertz CT molecular complexity index is 589. The van der Waals surface area contributed by atoms with E-state index in [-0.39, 0.29) is 0 Å². The zero-order valence-electron chi connectivity index (χ0n) is 11.2. The normalized spacial score (nSPS) is 23.9. The van der Waals surface area contributed by atoms with Crippen LogP contribution in [-0.2, 0) is 0 Å². The molecular formula is C15H18ClN3. The minimum atomic E-state index is 0.462. The van der Waals surface area contributed by atoms with Gasteiger partial charge < -0.3 is 10.2 Å². The average Bonchev–Trinajstić information content (AvgIpc) is 2.68. The van der Waals surface area contributed by atoms with Gasteiger partial charge in [-0.25, -0.2) is 0 Å². The second-order valence-corrected chi connectivity index (χ2v) is 5.83. The predicted octanol–water partition coefficient (Wildman–Crippen LogP) is 3.39. The second kappa shape index (κ2) is 4.99. The number of hydrogen-bond acceptors (Lipinski definition) is 3. The molecule has 1 N–H and O–H groups in total. The summed E-state index contributed by atoms with van der Waals surface area (Å²) in [6.45, 7) is 3.32. The summed E-state index contributed by atoms with van der Waals surface area (Å²) < 4.78 is 0. The lowest BCUT2D eigenvalue weighted by atomic mass is 10.1. The van der Waals surface area contributed by atoms with Crippen molar-refractivity contribution in [2.45, 2.75) is 25.4 Å². The van der Waals surface area contributed by atoms with Crippen LogP contribution in [0.1, 0.15) is 13.3 Å². The number of halogens is 1. The molecule has 19 heavy (non-hydrogen) atoms. The zero-order chi connectivity index (χ0) is 13.4. The van der Waals surface area contributed by atoms with Crippen molar-refractivity contribution in [2.24, 2.45) is 0 Å². The van der Waals surface area contributed by atoms with Crippen LogP contribution in [0.4, 0.5) is 5.69 Å². The van der Waals surface area contributed by atoms with Crippen LogP contribution in [-0.4, -0.2) is 35.6 Å². The monoisotopic (exact) mass is 275 g/mol. The first-order valence-electron chi connectivity index (χ1n) is 6.64. The van der Waals surface area contributed by atoms with Crippen LogP contribution in [0.5, 0.6) is 0 Å². The molecule has 2 atom stereocenters. The van der Waals surface area contributed by atoms with Gasteiger partial charge in [0.2, 0.25) is 0 Å². The maximum Gasteiger partial charge on any atom is 0.0934 e. The van der Waals surface area contributed by atoms with Crippen molar-refractivity contribution in [1.82, 2.24) is 9.88 Å². The fourth-order valence-electron chi connectivity index (χ4n) is 2.78. The van der Waals surface area contributed by atoms with Crippen molar-refractivity contribution in [3.63, 3.8) is 0 Å². The highest BCUT2D eigenvalue weighted by Crippen LogP contribution is 2.28. The maximum atomic E-state index is 6.19. The van der Waals surface area contributed by atoms with E-state index in [1.807, 2.05) is 30.5 Å². The molecule has 1 aromatic carbocycles. The molecule has 1 saturated heterocycles. The Kier molecular flexibility index (Phi) is 3.33. The van der Waals surface area contributed by atoms with Gasteiger partial charge in [-0.3, -0.25) is 4.98 Å². The van der Waals surface area contributed by atoms with Crippen molar-refractivity contribution in [1.29, 1.82) is 0 Å². The molecule has 1 fully saturated rings. The minimum absolute atomic E-state index is 0.462. The van der Waals surface area contributed by atoms with Crippen molar-refractivity contribution < 1.29 is 0 Å². The van der Waals surface area contributed by atoms with Gasteiger partial charge >= 0.3 is 0 Å². The van der Waals surface area contributed by atoms with E-state index in [1.54, 1.807) is 0 Å². The summed E-state index contributed by atoms with van der Waals surface area (Å²) in [5.74, 6) is 0. The molecule has 100 valence electrons. The van der Waals surface area contributed by atoms with E-state index in [9.17, 15) is 0 Å². The SMILES string of the molecule is CC1CC(Nc2cc(Cl)cc3cccnc23)CN1C. The molecule has 1 aliphatic rings. The van der Waals surface area contributed by atoms with Gasteiger partial charge in [0.15, 0.2) is 0 Å². The van der Waals surface area contributed by atoms with Crippen molar-refractivity contribution in [3.05, 3.63) is 35.5 Å². The molecule has 2 unspecified atom stereocenters. The zero-order valence-corrected chi connectivity index (χ0v) is 12.0. The molecule has 0 bridgehead atoms. The van der Waals surface area contributed by atoms with Crippen LogP contribution < -0.4 is 5.32 Å². The summed E-state index contributed by atoms with van der Waals surface area (Å²) in [6.07, 6.45) is 2.97. The molecule has 4 heteroatoms. The summed E-state index contributed by atoms with van der Waals surface area (Å²) in [7, 11) is 2.17. The summed E-state index contributed by atoms with van der Waals surface area (Å²) in [4.78, 5) is 6.84. The van der Waals surface area contributed by atoms with Crippen LogP contribution in [0.15, 0.2) is 30.5 Å². The summed E-state index contributed by atoms with van der Waals surface area (Å²) in [5, 5.41) is 5.43. The Morgan fingerprint density at radius 2 is 2.26 bits per heavy atom. The lowest BCUT2D eigenvalue weighted by Crippen LogP contribution is -2.25. The molecule has 2 heterocycles.